The number of aryl methyl sites for hydroxylation is 1. The number of nitrogens with zero attached hydrogens (tertiary/aromatic N) is 4. The lowest BCUT2D eigenvalue weighted by atomic mass is 10.2. The highest BCUT2D eigenvalue weighted by molar-refractivity contribution is 5.94. The zero-order valence-corrected chi connectivity index (χ0v) is 20.2. The summed E-state index contributed by atoms with van der Waals surface area (Å²) in [4.78, 5) is 17.9. The molecule has 1 aromatic heterocycles. The fourth-order valence-electron chi connectivity index (χ4n) is 5.20. The van der Waals surface area contributed by atoms with E-state index in [4.69, 9.17) is 5.10 Å². The summed E-state index contributed by atoms with van der Waals surface area (Å²) in [6, 6.07) is 18.9. The highest BCUT2D eigenvalue weighted by atomic mass is 16.1. The number of fused-ring (bicyclic) bond motifs is 1. The highest BCUT2D eigenvalue weighted by Crippen LogP contribution is 2.27. The molecule has 0 spiro atoms. The minimum Gasteiger partial charge on any atom is -0.369 e. The molecule has 1 N–H and O–H groups in total. The van der Waals surface area contributed by atoms with Gasteiger partial charge in [0.25, 0.3) is 5.91 Å². The molecule has 1 amide bonds. The molecule has 1 aliphatic heterocycles. The third-order valence-electron chi connectivity index (χ3n) is 7.07. The largest absolute Gasteiger partial charge is 0.369 e. The molecule has 0 radical (unpaired) electrons. The molecule has 2 heterocycles. The first-order valence-electron chi connectivity index (χ1n) is 12.7. The number of carbonyl (C=O) groups is 1. The first-order chi connectivity index (χ1) is 16.7. The smallest absolute Gasteiger partial charge is 0.272 e. The molecule has 1 fully saturated rings. The lowest BCUT2D eigenvalue weighted by Gasteiger charge is -2.36. The third kappa shape index (κ3) is 5.02. The second kappa shape index (κ2) is 10.4. The average Bonchev–Trinajstić information content (AvgIpc) is 3.48. The molecule has 2 aliphatic rings. The predicted molar refractivity (Wildman–Crippen MR) is 137 cm³/mol. The van der Waals surface area contributed by atoms with Gasteiger partial charge in [-0.05, 0) is 75.4 Å². The minimum absolute atomic E-state index is 0.0281. The van der Waals surface area contributed by atoms with E-state index in [0.717, 1.165) is 76.1 Å². The van der Waals surface area contributed by atoms with Gasteiger partial charge < -0.3 is 10.2 Å². The molecule has 0 bridgehead atoms. The van der Waals surface area contributed by atoms with Crippen LogP contribution in [-0.4, -0.2) is 59.9 Å². The van der Waals surface area contributed by atoms with E-state index in [0.29, 0.717) is 12.2 Å². The number of carbonyl (C=O) groups excluding carboxylic acids is 1. The van der Waals surface area contributed by atoms with Crippen molar-refractivity contribution in [2.75, 3.05) is 44.2 Å². The SMILES string of the molecule is Cc1cccc(N2CCN(CCCCNC(=O)c3nn(-c4ccccc4)c4c3CCC4)CC2)c1. The molecular weight excluding hydrogens is 422 g/mol. The van der Waals surface area contributed by atoms with E-state index in [-0.39, 0.29) is 5.91 Å². The Bertz CT molecular complexity index is 1120. The van der Waals surface area contributed by atoms with Gasteiger partial charge in [-0.2, -0.15) is 5.10 Å². The zero-order valence-electron chi connectivity index (χ0n) is 20.2. The van der Waals surface area contributed by atoms with Gasteiger partial charge in [-0.25, -0.2) is 4.68 Å². The fraction of sp³-hybridized carbons (Fsp3) is 0.429. The number of aromatic nitrogens is 2. The summed E-state index contributed by atoms with van der Waals surface area (Å²) < 4.78 is 1.97. The van der Waals surface area contributed by atoms with Crippen molar-refractivity contribution in [1.29, 1.82) is 0 Å². The summed E-state index contributed by atoms with van der Waals surface area (Å²) in [7, 11) is 0. The lowest BCUT2D eigenvalue weighted by molar-refractivity contribution is 0.0946. The zero-order chi connectivity index (χ0) is 23.3. The molecule has 0 atom stereocenters. The van der Waals surface area contributed by atoms with Crippen LogP contribution in [0.25, 0.3) is 5.69 Å². The standard InChI is InChI=1S/C28H35N5O/c1-22-9-7-12-24(21-22)32-19-17-31(18-20-32)16-6-5-15-29-28(34)27-25-13-8-14-26(25)33(30-27)23-10-3-2-4-11-23/h2-4,7,9-12,21H,5-6,8,13-20H2,1H3,(H,29,34). The van der Waals surface area contributed by atoms with Gasteiger partial charge in [0.05, 0.1) is 5.69 Å². The van der Waals surface area contributed by atoms with Gasteiger partial charge in [0.15, 0.2) is 5.69 Å². The van der Waals surface area contributed by atoms with Crippen LogP contribution in [0.4, 0.5) is 5.69 Å². The monoisotopic (exact) mass is 457 g/mol. The van der Waals surface area contributed by atoms with Crippen molar-refractivity contribution in [2.24, 2.45) is 0 Å². The molecule has 1 aliphatic carbocycles. The Morgan fingerprint density at radius 3 is 2.53 bits per heavy atom. The Kier molecular flexibility index (Phi) is 6.95. The molecule has 0 unspecified atom stereocenters. The van der Waals surface area contributed by atoms with Crippen LogP contribution in [-0.2, 0) is 12.8 Å². The van der Waals surface area contributed by atoms with Gasteiger partial charge in [-0.1, -0.05) is 30.3 Å². The number of hydrogen-bond acceptors (Lipinski definition) is 4. The molecule has 2 aromatic carbocycles. The fourth-order valence-corrected chi connectivity index (χ4v) is 5.20. The van der Waals surface area contributed by atoms with Crippen LogP contribution in [0.5, 0.6) is 0 Å². The van der Waals surface area contributed by atoms with Gasteiger partial charge in [-0.15, -0.1) is 0 Å². The Morgan fingerprint density at radius 2 is 1.74 bits per heavy atom. The Hall–Kier alpha value is -3.12. The number of benzene rings is 2. The van der Waals surface area contributed by atoms with Crippen LogP contribution in [0.2, 0.25) is 0 Å². The molecular formula is C28H35N5O. The summed E-state index contributed by atoms with van der Waals surface area (Å²) >= 11 is 0. The van der Waals surface area contributed by atoms with Gasteiger partial charge >= 0.3 is 0 Å². The number of amides is 1. The van der Waals surface area contributed by atoms with Crippen LogP contribution in [0, 0.1) is 6.92 Å². The van der Waals surface area contributed by atoms with Crippen molar-refractivity contribution in [1.82, 2.24) is 20.0 Å². The van der Waals surface area contributed by atoms with Crippen molar-refractivity contribution in [3.8, 4) is 5.69 Å². The van der Waals surface area contributed by atoms with Gasteiger partial charge in [0.2, 0.25) is 0 Å². The van der Waals surface area contributed by atoms with E-state index in [9.17, 15) is 4.79 Å². The quantitative estimate of drug-likeness (QED) is 0.520. The number of nitrogens with one attached hydrogen (secondary N) is 1. The van der Waals surface area contributed by atoms with Gasteiger partial charge in [0, 0.05) is 49.7 Å². The summed E-state index contributed by atoms with van der Waals surface area (Å²) in [6.07, 6.45) is 5.12. The summed E-state index contributed by atoms with van der Waals surface area (Å²) in [6.45, 7) is 8.31. The maximum Gasteiger partial charge on any atom is 0.272 e. The Balaban J connectivity index is 1.06. The molecule has 5 rings (SSSR count). The first-order valence-corrected chi connectivity index (χ1v) is 12.7. The molecule has 34 heavy (non-hydrogen) atoms. The highest BCUT2D eigenvalue weighted by Gasteiger charge is 2.26. The number of unbranched alkanes of at least 4 members (excludes halogenated alkanes) is 1. The van der Waals surface area contributed by atoms with Crippen LogP contribution in [0.1, 0.15) is 46.6 Å². The second-order valence-electron chi connectivity index (χ2n) is 9.51. The van der Waals surface area contributed by atoms with E-state index < -0.39 is 0 Å². The maximum atomic E-state index is 12.9. The molecule has 6 heteroatoms. The summed E-state index contributed by atoms with van der Waals surface area (Å²) in [5.74, 6) is -0.0281. The van der Waals surface area contributed by atoms with Crippen molar-refractivity contribution >= 4 is 11.6 Å². The van der Waals surface area contributed by atoms with Crippen LogP contribution in [0.3, 0.4) is 0 Å². The molecule has 0 saturated carbocycles. The van der Waals surface area contributed by atoms with E-state index in [1.165, 1.54) is 16.9 Å². The molecule has 3 aromatic rings. The number of piperazine rings is 1. The number of hydrogen-bond donors (Lipinski definition) is 1. The van der Waals surface area contributed by atoms with E-state index in [1.54, 1.807) is 0 Å². The van der Waals surface area contributed by atoms with Gasteiger partial charge in [0.1, 0.15) is 0 Å². The number of rotatable bonds is 8. The van der Waals surface area contributed by atoms with E-state index in [2.05, 4.69) is 46.3 Å². The number of para-hydroxylation sites is 1. The average molecular weight is 458 g/mol. The van der Waals surface area contributed by atoms with Crippen molar-refractivity contribution in [3.63, 3.8) is 0 Å². The van der Waals surface area contributed by atoms with Crippen molar-refractivity contribution < 1.29 is 4.79 Å². The van der Waals surface area contributed by atoms with Crippen LogP contribution >= 0.6 is 0 Å². The maximum absolute atomic E-state index is 12.9. The van der Waals surface area contributed by atoms with E-state index >= 15 is 0 Å². The van der Waals surface area contributed by atoms with E-state index in [1.807, 2.05) is 35.0 Å². The van der Waals surface area contributed by atoms with Crippen LogP contribution < -0.4 is 10.2 Å². The summed E-state index contributed by atoms with van der Waals surface area (Å²) in [5.41, 5.74) is 6.63. The minimum atomic E-state index is -0.0281. The normalized spacial score (nSPS) is 16.0. The first kappa shape index (κ1) is 22.7. The second-order valence-corrected chi connectivity index (χ2v) is 9.51. The van der Waals surface area contributed by atoms with Crippen LogP contribution in [0.15, 0.2) is 54.6 Å². The van der Waals surface area contributed by atoms with Crippen molar-refractivity contribution in [3.05, 3.63) is 77.1 Å². The Morgan fingerprint density at radius 1 is 0.941 bits per heavy atom. The lowest BCUT2D eigenvalue weighted by Crippen LogP contribution is -2.46. The number of anilines is 1. The van der Waals surface area contributed by atoms with Crippen molar-refractivity contribution in [2.45, 2.75) is 39.0 Å². The third-order valence-corrected chi connectivity index (χ3v) is 7.07. The molecule has 178 valence electrons. The molecule has 6 nitrogen and oxygen atoms in total. The topological polar surface area (TPSA) is 53.4 Å². The summed E-state index contributed by atoms with van der Waals surface area (Å²) in [5, 5.41) is 7.83. The predicted octanol–water partition coefficient (Wildman–Crippen LogP) is 4.00. The van der Waals surface area contributed by atoms with Gasteiger partial charge in [-0.3, -0.25) is 9.69 Å². The molecule has 1 saturated heterocycles. The Labute approximate surface area is 202 Å².